The molecule has 25 heavy (non-hydrogen) atoms. The molecular formula is C17H32O7Si. The second-order valence-electron chi connectivity index (χ2n) is 7.79. The van der Waals surface area contributed by atoms with Gasteiger partial charge in [-0.1, -0.05) is 6.92 Å². The Kier molecular flexibility index (Phi) is 9.35. The lowest BCUT2D eigenvalue weighted by Gasteiger charge is -2.27. The zero-order chi connectivity index (χ0) is 19.8. The van der Waals surface area contributed by atoms with Crippen LogP contribution < -0.4 is 0 Å². The molecule has 0 saturated heterocycles. The van der Waals surface area contributed by atoms with Gasteiger partial charge in [0.2, 0.25) is 0 Å². The minimum Gasteiger partial charge on any atom is -0.481 e. The van der Waals surface area contributed by atoms with Gasteiger partial charge in [-0.25, -0.2) is 0 Å². The molecule has 0 rings (SSSR count). The third-order valence-electron chi connectivity index (χ3n) is 3.93. The first-order valence-electron chi connectivity index (χ1n) is 8.45. The number of ether oxygens (including phenoxy) is 2. The zero-order valence-electron chi connectivity index (χ0n) is 16.4. The summed E-state index contributed by atoms with van der Waals surface area (Å²) in [5, 5.41) is 9.48. The summed E-state index contributed by atoms with van der Waals surface area (Å²) in [4.78, 5) is 35.6. The van der Waals surface area contributed by atoms with Crippen LogP contribution in [0, 0.1) is 17.3 Å². The lowest BCUT2D eigenvalue weighted by molar-refractivity contribution is -0.158. The van der Waals surface area contributed by atoms with Crippen molar-refractivity contribution in [1.29, 1.82) is 0 Å². The Morgan fingerprint density at radius 1 is 1.12 bits per heavy atom. The average molecular weight is 377 g/mol. The number of hydrogen-bond donors (Lipinski definition) is 1. The van der Waals surface area contributed by atoms with Gasteiger partial charge in [-0.3, -0.25) is 14.4 Å². The van der Waals surface area contributed by atoms with Gasteiger partial charge in [0.25, 0.3) is 0 Å². The molecule has 2 unspecified atom stereocenters. The molecule has 0 aliphatic carbocycles. The molecule has 0 aromatic carbocycles. The van der Waals surface area contributed by atoms with Gasteiger partial charge >= 0.3 is 17.9 Å². The Bertz CT molecular complexity index is 468. The normalized spacial score (nSPS) is 14.5. The molecule has 0 aromatic rings. The zero-order valence-corrected chi connectivity index (χ0v) is 17.4. The summed E-state index contributed by atoms with van der Waals surface area (Å²) < 4.78 is 15.4. The Morgan fingerprint density at radius 3 is 2.08 bits per heavy atom. The van der Waals surface area contributed by atoms with E-state index in [2.05, 4.69) is 0 Å². The first-order chi connectivity index (χ1) is 11.3. The van der Waals surface area contributed by atoms with Crippen LogP contribution in [0.4, 0.5) is 0 Å². The molecule has 0 aliphatic heterocycles. The van der Waals surface area contributed by atoms with Gasteiger partial charge < -0.3 is 19.0 Å². The molecule has 0 aromatic heterocycles. The number of aliphatic carboxylic acids is 1. The molecule has 0 amide bonds. The van der Waals surface area contributed by atoms with E-state index in [0.29, 0.717) is 6.42 Å². The molecule has 0 fully saturated rings. The summed E-state index contributed by atoms with van der Waals surface area (Å²) in [5.74, 6) is -3.38. The summed E-state index contributed by atoms with van der Waals surface area (Å²) in [6.45, 7) is 10.9. The van der Waals surface area contributed by atoms with E-state index in [1.165, 1.54) is 7.11 Å². The molecule has 0 saturated carbocycles. The number of rotatable bonds is 11. The molecule has 0 radical (unpaired) electrons. The van der Waals surface area contributed by atoms with E-state index < -0.39 is 43.5 Å². The highest BCUT2D eigenvalue weighted by atomic mass is 28.4. The Balaban J connectivity index is 4.88. The van der Waals surface area contributed by atoms with Crippen LogP contribution in [0.15, 0.2) is 0 Å². The van der Waals surface area contributed by atoms with Gasteiger partial charge in [0.05, 0.1) is 24.4 Å². The second kappa shape index (κ2) is 9.91. The quantitative estimate of drug-likeness (QED) is 0.336. The second-order valence-corrected chi connectivity index (χ2v) is 12.3. The van der Waals surface area contributed by atoms with E-state index in [0.717, 1.165) is 0 Å². The van der Waals surface area contributed by atoms with Crippen molar-refractivity contribution < 1.29 is 33.4 Å². The smallest absolute Gasteiger partial charge is 0.311 e. The van der Waals surface area contributed by atoms with Crippen molar-refractivity contribution in [3.63, 3.8) is 0 Å². The van der Waals surface area contributed by atoms with Gasteiger partial charge in [-0.2, -0.15) is 0 Å². The van der Waals surface area contributed by atoms with Crippen molar-refractivity contribution in [3.05, 3.63) is 0 Å². The molecule has 1 N–H and O–H groups in total. The first-order valence-corrected chi connectivity index (χ1v) is 11.9. The summed E-state index contributed by atoms with van der Waals surface area (Å²) in [6.07, 6.45) is 0.649. The molecular weight excluding hydrogens is 344 g/mol. The molecule has 8 heteroatoms. The third-order valence-corrected chi connectivity index (χ3v) is 4.92. The maximum Gasteiger partial charge on any atom is 0.311 e. The summed E-state index contributed by atoms with van der Waals surface area (Å²) in [7, 11) is -0.522. The van der Waals surface area contributed by atoms with Crippen LogP contribution in [-0.2, 0) is 28.3 Å². The maximum absolute atomic E-state index is 12.2. The molecule has 7 nitrogen and oxygen atoms in total. The SMILES string of the molecule is CCC(CC(CC(C)(C)C(=O)OC)C(=O)O)C(=O)OCO[Si](C)(C)C. The van der Waals surface area contributed by atoms with Crippen LogP contribution in [-0.4, -0.2) is 45.2 Å². The fourth-order valence-corrected chi connectivity index (χ4v) is 2.81. The lowest BCUT2D eigenvalue weighted by atomic mass is 9.79. The van der Waals surface area contributed by atoms with Crippen molar-refractivity contribution in [2.24, 2.45) is 17.3 Å². The number of carbonyl (C=O) groups is 3. The average Bonchev–Trinajstić information content (AvgIpc) is 2.48. The van der Waals surface area contributed by atoms with E-state index in [-0.39, 0.29) is 19.6 Å². The van der Waals surface area contributed by atoms with Crippen molar-refractivity contribution in [1.82, 2.24) is 0 Å². The third kappa shape index (κ3) is 9.01. The van der Waals surface area contributed by atoms with Crippen LogP contribution in [0.25, 0.3) is 0 Å². The van der Waals surface area contributed by atoms with Crippen LogP contribution in [0.1, 0.15) is 40.0 Å². The molecule has 0 aliphatic rings. The Morgan fingerprint density at radius 2 is 1.68 bits per heavy atom. The predicted molar refractivity (Wildman–Crippen MR) is 95.3 cm³/mol. The number of carboxylic acids is 1. The fraction of sp³-hybridized carbons (Fsp3) is 0.824. The molecule has 0 spiro atoms. The topological polar surface area (TPSA) is 99.1 Å². The Labute approximate surface area is 151 Å². The maximum atomic E-state index is 12.2. The van der Waals surface area contributed by atoms with Crippen LogP contribution in [0.2, 0.25) is 19.6 Å². The molecule has 0 heterocycles. The highest BCUT2D eigenvalue weighted by Crippen LogP contribution is 2.31. The number of hydrogen-bond acceptors (Lipinski definition) is 6. The van der Waals surface area contributed by atoms with Gasteiger partial charge in [0.15, 0.2) is 15.1 Å². The number of esters is 2. The summed E-state index contributed by atoms with van der Waals surface area (Å²) in [5.41, 5.74) is -0.944. The van der Waals surface area contributed by atoms with E-state index in [1.807, 2.05) is 19.6 Å². The fourth-order valence-electron chi connectivity index (χ4n) is 2.40. The molecule has 2 atom stereocenters. The highest BCUT2D eigenvalue weighted by molar-refractivity contribution is 6.69. The van der Waals surface area contributed by atoms with E-state index in [1.54, 1.807) is 20.8 Å². The van der Waals surface area contributed by atoms with E-state index >= 15 is 0 Å². The summed E-state index contributed by atoms with van der Waals surface area (Å²) in [6, 6.07) is 0. The van der Waals surface area contributed by atoms with Crippen LogP contribution >= 0.6 is 0 Å². The largest absolute Gasteiger partial charge is 0.481 e. The minimum atomic E-state index is -1.79. The number of carbonyl (C=O) groups excluding carboxylic acids is 2. The van der Waals surface area contributed by atoms with Crippen LogP contribution in [0.5, 0.6) is 0 Å². The molecule has 0 bridgehead atoms. The van der Waals surface area contributed by atoms with Gasteiger partial charge in [0.1, 0.15) is 0 Å². The number of carboxylic acid groups (broad SMARTS) is 1. The van der Waals surface area contributed by atoms with Crippen molar-refractivity contribution in [3.8, 4) is 0 Å². The minimum absolute atomic E-state index is 0.0875. The summed E-state index contributed by atoms with van der Waals surface area (Å²) >= 11 is 0. The van der Waals surface area contributed by atoms with Crippen molar-refractivity contribution in [2.45, 2.75) is 59.7 Å². The monoisotopic (exact) mass is 376 g/mol. The highest BCUT2D eigenvalue weighted by Gasteiger charge is 2.37. The standard InChI is InChI=1S/C17H32O7Si/c1-8-12(15(20)23-11-24-25(5,6)7)9-13(14(18)19)10-17(2,3)16(21)22-4/h12-13H,8-11H2,1-7H3,(H,18,19). The van der Waals surface area contributed by atoms with Gasteiger partial charge in [-0.05, 0) is 52.8 Å². The Hall–Kier alpha value is -1.41. The number of methoxy groups -OCH3 is 1. The van der Waals surface area contributed by atoms with Gasteiger partial charge in [0, 0.05) is 0 Å². The predicted octanol–water partition coefficient (Wildman–Crippen LogP) is 3.05. The first kappa shape index (κ1) is 23.6. The van der Waals surface area contributed by atoms with E-state index in [9.17, 15) is 19.5 Å². The van der Waals surface area contributed by atoms with Gasteiger partial charge in [-0.15, -0.1) is 0 Å². The van der Waals surface area contributed by atoms with E-state index in [4.69, 9.17) is 13.9 Å². The lowest BCUT2D eigenvalue weighted by Crippen LogP contribution is -2.33. The van der Waals surface area contributed by atoms with Crippen molar-refractivity contribution >= 4 is 26.2 Å². The van der Waals surface area contributed by atoms with Crippen LogP contribution in [0.3, 0.4) is 0 Å². The van der Waals surface area contributed by atoms with Crippen molar-refractivity contribution in [2.75, 3.05) is 13.9 Å². The molecule has 146 valence electrons.